The van der Waals surface area contributed by atoms with Gasteiger partial charge in [0.25, 0.3) is 0 Å². The van der Waals surface area contributed by atoms with Crippen molar-refractivity contribution in [3.05, 3.63) is 11.6 Å². The molecule has 0 aliphatic rings. The second kappa shape index (κ2) is 6.85. The summed E-state index contributed by atoms with van der Waals surface area (Å²) in [6.07, 6.45) is 3.75. The first-order chi connectivity index (χ1) is 5.72. The molecule has 0 spiro atoms. The zero-order valence-electron chi connectivity index (χ0n) is 7.67. The summed E-state index contributed by atoms with van der Waals surface area (Å²) >= 11 is 0. The highest BCUT2D eigenvalue weighted by Crippen LogP contribution is 2.00. The summed E-state index contributed by atoms with van der Waals surface area (Å²) in [7, 11) is 0. The molecule has 0 aromatic heterocycles. The van der Waals surface area contributed by atoms with Crippen molar-refractivity contribution in [2.24, 2.45) is 0 Å². The number of hydrogen-bond donors (Lipinski definition) is 1. The zero-order valence-corrected chi connectivity index (χ0v) is 7.67. The van der Waals surface area contributed by atoms with Crippen molar-refractivity contribution < 1.29 is 14.6 Å². The van der Waals surface area contributed by atoms with Crippen molar-refractivity contribution in [1.82, 2.24) is 0 Å². The van der Waals surface area contributed by atoms with Crippen LogP contribution in [0.25, 0.3) is 0 Å². The molecule has 0 aromatic rings. The standard InChI is InChI=1S/C9H16O3/c1-3-4-5-8(2)9(11)12-7-6-10/h5,10H,3-4,6-7H2,1-2H3. The fraction of sp³-hybridized carbons (Fsp3) is 0.667. The maximum absolute atomic E-state index is 11.0. The number of ether oxygens (including phenoxy) is 1. The molecule has 0 amide bonds. The van der Waals surface area contributed by atoms with Crippen LogP contribution >= 0.6 is 0 Å². The largest absolute Gasteiger partial charge is 0.460 e. The summed E-state index contributed by atoms with van der Waals surface area (Å²) in [5, 5.41) is 8.38. The Morgan fingerprint density at radius 1 is 1.58 bits per heavy atom. The molecule has 3 nitrogen and oxygen atoms in total. The number of rotatable bonds is 5. The Morgan fingerprint density at radius 2 is 2.25 bits per heavy atom. The lowest BCUT2D eigenvalue weighted by atomic mass is 10.2. The Kier molecular flexibility index (Phi) is 6.38. The molecular formula is C9H16O3. The van der Waals surface area contributed by atoms with Crippen molar-refractivity contribution in [2.45, 2.75) is 26.7 Å². The van der Waals surface area contributed by atoms with Gasteiger partial charge in [-0.25, -0.2) is 4.79 Å². The summed E-state index contributed by atoms with van der Waals surface area (Å²) < 4.78 is 4.69. The van der Waals surface area contributed by atoms with Gasteiger partial charge in [0.15, 0.2) is 0 Å². The zero-order chi connectivity index (χ0) is 9.40. The number of hydrogen-bond acceptors (Lipinski definition) is 3. The third-order valence-corrected chi connectivity index (χ3v) is 1.39. The third kappa shape index (κ3) is 4.91. The fourth-order valence-electron chi connectivity index (χ4n) is 0.696. The van der Waals surface area contributed by atoms with Crippen molar-refractivity contribution in [3.63, 3.8) is 0 Å². The molecule has 0 radical (unpaired) electrons. The number of allylic oxidation sites excluding steroid dienone is 1. The van der Waals surface area contributed by atoms with E-state index >= 15 is 0 Å². The van der Waals surface area contributed by atoms with Crippen LogP contribution in [0.2, 0.25) is 0 Å². The van der Waals surface area contributed by atoms with E-state index in [4.69, 9.17) is 9.84 Å². The highest BCUT2D eigenvalue weighted by atomic mass is 16.5. The van der Waals surface area contributed by atoms with Gasteiger partial charge in [0.05, 0.1) is 6.61 Å². The van der Waals surface area contributed by atoms with Gasteiger partial charge >= 0.3 is 5.97 Å². The lowest BCUT2D eigenvalue weighted by Gasteiger charge is -2.01. The average Bonchev–Trinajstić information content (AvgIpc) is 2.10. The van der Waals surface area contributed by atoms with Gasteiger partial charge in [-0.3, -0.25) is 0 Å². The van der Waals surface area contributed by atoms with E-state index in [2.05, 4.69) is 0 Å². The van der Waals surface area contributed by atoms with Crippen LogP contribution in [-0.4, -0.2) is 24.3 Å². The molecule has 70 valence electrons. The second-order valence-electron chi connectivity index (χ2n) is 2.54. The summed E-state index contributed by atoms with van der Waals surface area (Å²) in [6, 6.07) is 0. The highest BCUT2D eigenvalue weighted by molar-refractivity contribution is 5.87. The molecule has 1 N–H and O–H groups in total. The van der Waals surface area contributed by atoms with Crippen molar-refractivity contribution >= 4 is 5.97 Å². The van der Waals surface area contributed by atoms with E-state index < -0.39 is 0 Å². The van der Waals surface area contributed by atoms with E-state index in [1.165, 1.54) is 0 Å². The van der Waals surface area contributed by atoms with Crippen LogP contribution in [0.15, 0.2) is 11.6 Å². The van der Waals surface area contributed by atoms with Crippen LogP contribution in [0.4, 0.5) is 0 Å². The van der Waals surface area contributed by atoms with Crippen LogP contribution in [0, 0.1) is 0 Å². The smallest absolute Gasteiger partial charge is 0.333 e. The molecular weight excluding hydrogens is 156 g/mol. The SMILES string of the molecule is CCCC=C(C)C(=O)OCCO. The molecule has 12 heavy (non-hydrogen) atoms. The van der Waals surface area contributed by atoms with Gasteiger partial charge in [-0.05, 0) is 13.3 Å². The van der Waals surface area contributed by atoms with Crippen LogP contribution in [0.3, 0.4) is 0 Å². The highest BCUT2D eigenvalue weighted by Gasteiger charge is 2.03. The number of unbranched alkanes of at least 4 members (excludes halogenated alkanes) is 1. The molecule has 0 fully saturated rings. The maximum Gasteiger partial charge on any atom is 0.333 e. The topological polar surface area (TPSA) is 46.5 Å². The lowest BCUT2D eigenvalue weighted by molar-refractivity contribution is -0.139. The molecule has 3 heteroatoms. The van der Waals surface area contributed by atoms with Gasteiger partial charge in [-0.1, -0.05) is 19.4 Å². The molecule has 0 saturated carbocycles. The maximum atomic E-state index is 11.0. The predicted octanol–water partition coefficient (Wildman–Crippen LogP) is 1.27. The first-order valence-electron chi connectivity index (χ1n) is 4.17. The minimum atomic E-state index is -0.336. The Bertz CT molecular complexity index is 161. The van der Waals surface area contributed by atoms with Gasteiger partial charge < -0.3 is 9.84 Å². The van der Waals surface area contributed by atoms with Crippen molar-refractivity contribution in [1.29, 1.82) is 0 Å². The van der Waals surface area contributed by atoms with E-state index in [9.17, 15) is 4.79 Å². The Hall–Kier alpha value is -0.830. The lowest BCUT2D eigenvalue weighted by Crippen LogP contribution is -2.09. The summed E-state index contributed by atoms with van der Waals surface area (Å²) in [4.78, 5) is 11.0. The van der Waals surface area contributed by atoms with E-state index in [1.807, 2.05) is 13.0 Å². The first-order valence-corrected chi connectivity index (χ1v) is 4.17. The first kappa shape index (κ1) is 11.2. The van der Waals surface area contributed by atoms with Crippen LogP contribution < -0.4 is 0 Å². The van der Waals surface area contributed by atoms with E-state index in [1.54, 1.807) is 6.92 Å². The monoisotopic (exact) mass is 172 g/mol. The Balaban J connectivity index is 3.75. The number of carbonyl (C=O) groups excluding carboxylic acids is 1. The van der Waals surface area contributed by atoms with Gasteiger partial charge in [0.2, 0.25) is 0 Å². The molecule has 0 aliphatic heterocycles. The van der Waals surface area contributed by atoms with Crippen molar-refractivity contribution in [2.75, 3.05) is 13.2 Å². The average molecular weight is 172 g/mol. The van der Waals surface area contributed by atoms with E-state index in [0.29, 0.717) is 5.57 Å². The normalized spacial score (nSPS) is 11.4. The minimum absolute atomic E-state index is 0.0795. The van der Waals surface area contributed by atoms with Gasteiger partial charge in [0, 0.05) is 5.57 Å². The summed E-state index contributed by atoms with van der Waals surface area (Å²) in [5.41, 5.74) is 0.616. The molecule has 0 rings (SSSR count). The van der Waals surface area contributed by atoms with Crippen LogP contribution in [-0.2, 0) is 9.53 Å². The summed E-state index contributed by atoms with van der Waals surface area (Å²) in [6.45, 7) is 3.72. The molecule has 0 bridgehead atoms. The molecule has 0 atom stereocenters. The number of carbonyl (C=O) groups is 1. The number of aliphatic hydroxyl groups excluding tert-OH is 1. The molecule has 0 aliphatic carbocycles. The van der Waals surface area contributed by atoms with E-state index in [-0.39, 0.29) is 19.2 Å². The third-order valence-electron chi connectivity index (χ3n) is 1.39. The molecule has 0 unspecified atom stereocenters. The predicted molar refractivity (Wildman–Crippen MR) is 46.7 cm³/mol. The van der Waals surface area contributed by atoms with Gasteiger partial charge in [-0.15, -0.1) is 0 Å². The summed E-state index contributed by atoms with van der Waals surface area (Å²) in [5.74, 6) is -0.336. The van der Waals surface area contributed by atoms with Gasteiger partial charge in [0.1, 0.15) is 6.61 Å². The Labute approximate surface area is 73.0 Å². The molecule has 0 aromatic carbocycles. The van der Waals surface area contributed by atoms with E-state index in [0.717, 1.165) is 12.8 Å². The number of esters is 1. The second-order valence-corrected chi connectivity index (χ2v) is 2.54. The minimum Gasteiger partial charge on any atom is -0.460 e. The van der Waals surface area contributed by atoms with Crippen LogP contribution in [0.5, 0.6) is 0 Å². The number of aliphatic hydroxyl groups is 1. The van der Waals surface area contributed by atoms with Crippen LogP contribution in [0.1, 0.15) is 26.7 Å². The Morgan fingerprint density at radius 3 is 2.75 bits per heavy atom. The fourth-order valence-corrected chi connectivity index (χ4v) is 0.696. The van der Waals surface area contributed by atoms with Crippen molar-refractivity contribution in [3.8, 4) is 0 Å². The molecule has 0 saturated heterocycles. The quantitative estimate of drug-likeness (QED) is 0.501. The van der Waals surface area contributed by atoms with Gasteiger partial charge in [-0.2, -0.15) is 0 Å². The molecule has 0 heterocycles.